The molecule has 196 valence electrons. The lowest BCUT2D eigenvalue weighted by Gasteiger charge is -2.15. The first kappa shape index (κ1) is 33.0. The number of amides is 2. The number of azide groups is 1. The van der Waals surface area contributed by atoms with Crippen molar-refractivity contribution in [2.24, 2.45) is 5.11 Å². The molecular formula is C24H45N5O2S3. The predicted molar refractivity (Wildman–Crippen MR) is 152 cm³/mol. The fourth-order valence-corrected chi connectivity index (χ4v) is 5.92. The topological polar surface area (TPSA) is 107 Å². The second kappa shape index (κ2) is 25.1. The minimum Gasteiger partial charge on any atom is -0.356 e. The van der Waals surface area contributed by atoms with Crippen LogP contribution in [0.4, 0.5) is 0 Å². The maximum absolute atomic E-state index is 12.5. The van der Waals surface area contributed by atoms with Crippen LogP contribution in [0, 0.1) is 0 Å². The second-order valence-corrected chi connectivity index (χ2v) is 11.9. The molecule has 0 aromatic carbocycles. The molecule has 0 aliphatic heterocycles. The highest BCUT2D eigenvalue weighted by atomic mass is 32.2. The van der Waals surface area contributed by atoms with Crippen molar-refractivity contribution in [2.45, 2.75) is 109 Å². The maximum atomic E-state index is 12.5. The zero-order valence-corrected chi connectivity index (χ0v) is 23.6. The molecule has 0 aromatic rings. The molecule has 7 nitrogen and oxygen atoms in total. The zero-order valence-electron chi connectivity index (χ0n) is 21.2. The first-order valence-corrected chi connectivity index (χ1v) is 15.2. The van der Waals surface area contributed by atoms with Gasteiger partial charge in [-0.15, -0.1) is 11.8 Å². The molecule has 1 atom stereocenters. The third kappa shape index (κ3) is 21.6. The Morgan fingerprint density at radius 3 is 2.03 bits per heavy atom. The van der Waals surface area contributed by atoms with E-state index < -0.39 is 0 Å². The van der Waals surface area contributed by atoms with Crippen LogP contribution >= 0.6 is 35.7 Å². The van der Waals surface area contributed by atoms with Crippen molar-refractivity contribution in [1.82, 2.24) is 10.6 Å². The van der Waals surface area contributed by atoms with Crippen LogP contribution in [0.15, 0.2) is 5.11 Å². The van der Waals surface area contributed by atoms with E-state index in [-0.39, 0.29) is 23.6 Å². The van der Waals surface area contributed by atoms with Gasteiger partial charge >= 0.3 is 0 Å². The van der Waals surface area contributed by atoms with E-state index in [1.54, 1.807) is 11.8 Å². The summed E-state index contributed by atoms with van der Waals surface area (Å²) in [4.78, 5) is 26.3. The van der Waals surface area contributed by atoms with E-state index in [0.29, 0.717) is 13.1 Å². The van der Waals surface area contributed by atoms with E-state index in [9.17, 15) is 9.59 Å². The van der Waals surface area contributed by atoms with Crippen LogP contribution in [0.1, 0.15) is 104 Å². The van der Waals surface area contributed by atoms with Crippen molar-refractivity contribution in [3.05, 3.63) is 10.4 Å². The Morgan fingerprint density at radius 1 is 0.882 bits per heavy atom. The smallest absolute Gasteiger partial charge is 0.233 e. The number of carbonyl (C=O) groups is 2. The van der Waals surface area contributed by atoms with E-state index in [0.717, 1.165) is 35.0 Å². The number of thioether (sulfide) groups is 2. The van der Waals surface area contributed by atoms with Gasteiger partial charge in [0.15, 0.2) is 0 Å². The number of thiocarbonyl (C=S) groups is 1. The summed E-state index contributed by atoms with van der Waals surface area (Å²) in [5, 5.41) is 8.79. The monoisotopic (exact) mass is 531 g/mol. The molecule has 1 unspecified atom stereocenters. The molecule has 0 fully saturated rings. The summed E-state index contributed by atoms with van der Waals surface area (Å²) < 4.78 is 0.870. The van der Waals surface area contributed by atoms with Crippen LogP contribution in [0.2, 0.25) is 0 Å². The number of unbranched alkanes of at least 4 members (excludes halogenated alkanes) is 11. The van der Waals surface area contributed by atoms with Crippen molar-refractivity contribution >= 4 is 51.1 Å². The molecule has 0 heterocycles. The molecule has 0 saturated heterocycles. The SMILES string of the molecule is CCCCCCCCCCCCSC(=S)SC(CC)C(=O)NCCCCCNC(=O)CN=[N+]=[N-]. The van der Waals surface area contributed by atoms with Gasteiger partial charge in [-0.1, -0.05) is 101 Å². The number of rotatable bonds is 22. The predicted octanol–water partition coefficient (Wildman–Crippen LogP) is 7.15. The van der Waals surface area contributed by atoms with Gasteiger partial charge in [-0.3, -0.25) is 9.59 Å². The molecule has 34 heavy (non-hydrogen) atoms. The molecule has 10 heteroatoms. The summed E-state index contributed by atoms with van der Waals surface area (Å²) in [5.41, 5.74) is 8.17. The molecule has 0 spiro atoms. The van der Waals surface area contributed by atoms with Gasteiger partial charge in [0, 0.05) is 18.0 Å². The number of hydrogen-bond acceptors (Lipinski definition) is 6. The minimum atomic E-state index is -0.268. The summed E-state index contributed by atoms with van der Waals surface area (Å²) in [7, 11) is 0. The van der Waals surface area contributed by atoms with Gasteiger partial charge in [0.05, 0.1) is 5.25 Å². The van der Waals surface area contributed by atoms with E-state index in [4.69, 9.17) is 17.7 Å². The highest BCUT2D eigenvalue weighted by Crippen LogP contribution is 2.25. The van der Waals surface area contributed by atoms with E-state index in [1.807, 2.05) is 6.92 Å². The number of hydrogen-bond donors (Lipinski definition) is 2. The lowest BCUT2D eigenvalue weighted by Crippen LogP contribution is -2.33. The highest BCUT2D eigenvalue weighted by molar-refractivity contribution is 8.47. The molecule has 0 radical (unpaired) electrons. The van der Waals surface area contributed by atoms with Crippen LogP contribution in [0.3, 0.4) is 0 Å². The van der Waals surface area contributed by atoms with Crippen LogP contribution in [0.25, 0.3) is 10.4 Å². The summed E-state index contributed by atoms with van der Waals surface area (Å²) >= 11 is 8.73. The fraction of sp³-hybridized carbons (Fsp3) is 0.875. The summed E-state index contributed by atoms with van der Waals surface area (Å²) in [6.07, 6.45) is 16.7. The van der Waals surface area contributed by atoms with E-state index in [2.05, 4.69) is 27.6 Å². The molecular weight excluding hydrogens is 486 g/mol. The first-order chi connectivity index (χ1) is 16.5. The standard InChI is InChI=1S/C24H45N5O2S3/c1-3-5-6-7-8-9-10-11-12-16-19-33-24(32)34-21(4-2)23(31)27-18-15-13-14-17-26-22(30)20-28-29-25/h21H,3-20H2,1-2H3,(H,26,30)(H,27,31). The van der Waals surface area contributed by atoms with Gasteiger partial charge in [0.1, 0.15) is 10.1 Å². The Morgan fingerprint density at radius 2 is 1.44 bits per heavy atom. The second-order valence-electron chi connectivity index (χ2n) is 8.39. The first-order valence-electron chi connectivity index (χ1n) is 12.9. The van der Waals surface area contributed by atoms with Gasteiger partial charge in [0.25, 0.3) is 0 Å². The Kier molecular flexibility index (Phi) is 24.4. The Balaban J connectivity index is 3.70. The zero-order chi connectivity index (χ0) is 25.3. The van der Waals surface area contributed by atoms with Crippen LogP contribution in [0.5, 0.6) is 0 Å². The summed E-state index contributed by atoms with van der Waals surface area (Å²) in [6, 6.07) is 0. The average Bonchev–Trinajstić information content (AvgIpc) is 2.83. The Hall–Kier alpha value is -0.960. The summed E-state index contributed by atoms with van der Waals surface area (Å²) in [6.45, 7) is 5.29. The number of nitrogens with one attached hydrogen (secondary N) is 2. The molecule has 0 aliphatic rings. The van der Waals surface area contributed by atoms with Crippen LogP contribution < -0.4 is 10.6 Å². The third-order valence-corrected chi connectivity index (χ3v) is 8.41. The normalized spacial score (nSPS) is 11.5. The molecule has 0 rings (SSSR count). The largest absolute Gasteiger partial charge is 0.356 e. The Bertz CT molecular complexity index is 601. The average molecular weight is 532 g/mol. The number of nitrogens with zero attached hydrogens (tertiary/aromatic N) is 3. The van der Waals surface area contributed by atoms with Gasteiger partial charge < -0.3 is 10.6 Å². The van der Waals surface area contributed by atoms with E-state index in [1.165, 1.54) is 76.0 Å². The molecule has 2 N–H and O–H groups in total. The van der Waals surface area contributed by atoms with E-state index >= 15 is 0 Å². The third-order valence-electron chi connectivity index (χ3n) is 5.37. The van der Waals surface area contributed by atoms with Gasteiger partial charge in [-0.2, -0.15) is 0 Å². The highest BCUT2D eigenvalue weighted by Gasteiger charge is 2.18. The van der Waals surface area contributed by atoms with Crippen LogP contribution in [-0.4, -0.2) is 46.0 Å². The molecule has 0 saturated carbocycles. The lowest BCUT2D eigenvalue weighted by molar-refractivity contribution is -0.121. The quantitative estimate of drug-likeness (QED) is 0.0507. The minimum absolute atomic E-state index is 0.0528. The van der Waals surface area contributed by atoms with Crippen molar-refractivity contribution < 1.29 is 9.59 Å². The number of carbonyl (C=O) groups excluding carboxylic acids is 2. The van der Waals surface area contributed by atoms with Crippen molar-refractivity contribution in [3.63, 3.8) is 0 Å². The van der Waals surface area contributed by atoms with Gasteiger partial charge in [-0.05, 0) is 43.4 Å². The van der Waals surface area contributed by atoms with Crippen LogP contribution in [-0.2, 0) is 9.59 Å². The van der Waals surface area contributed by atoms with Crippen molar-refractivity contribution in [3.8, 4) is 0 Å². The lowest BCUT2D eigenvalue weighted by atomic mass is 10.1. The Labute approximate surface area is 220 Å². The molecule has 0 aliphatic carbocycles. The maximum Gasteiger partial charge on any atom is 0.233 e. The van der Waals surface area contributed by atoms with Gasteiger partial charge in [-0.25, -0.2) is 0 Å². The molecule has 0 aromatic heterocycles. The van der Waals surface area contributed by atoms with Gasteiger partial charge in [0.2, 0.25) is 11.8 Å². The summed E-state index contributed by atoms with van der Waals surface area (Å²) in [5.74, 6) is 0.827. The molecule has 0 bridgehead atoms. The van der Waals surface area contributed by atoms with Crippen molar-refractivity contribution in [2.75, 3.05) is 25.4 Å². The fourth-order valence-electron chi connectivity index (χ4n) is 3.35. The van der Waals surface area contributed by atoms with Crippen molar-refractivity contribution in [1.29, 1.82) is 0 Å². The molecule has 2 amide bonds.